The van der Waals surface area contributed by atoms with Gasteiger partial charge in [-0.1, -0.05) is 12.1 Å². The fourth-order valence-corrected chi connectivity index (χ4v) is 3.22. The molecule has 2 aromatic carbocycles. The second kappa shape index (κ2) is 8.46. The number of carbonyl (C=O) groups is 1. The topological polar surface area (TPSA) is 68.7 Å². The molecule has 0 bridgehead atoms. The van der Waals surface area contributed by atoms with Crippen LogP contribution in [0.25, 0.3) is 16.3 Å². The molecule has 0 aliphatic carbocycles. The van der Waals surface area contributed by atoms with Crippen LogP contribution in [0, 0.1) is 5.82 Å². The van der Waals surface area contributed by atoms with Crippen LogP contribution >= 0.6 is 11.3 Å². The molecule has 0 saturated heterocycles. The van der Waals surface area contributed by atoms with E-state index in [1.165, 1.54) is 30.6 Å². The molecular formula is C20H16FNO4S. The van der Waals surface area contributed by atoms with E-state index in [2.05, 4.69) is 4.98 Å². The molecule has 1 N–H and O–H groups in total. The molecule has 27 heavy (non-hydrogen) atoms. The molecule has 0 atom stereocenters. The van der Waals surface area contributed by atoms with E-state index in [1.54, 1.807) is 36.4 Å². The molecule has 0 saturated carbocycles. The molecule has 0 aliphatic rings. The van der Waals surface area contributed by atoms with Crippen LogP contribution in [0.3, 0.4) is 0 Å². The minimum atomic E-state index is -1.11. The lowest BCUT2D eigenvalue weighted by atomic mass is 10.1. The highest BCUT2D eigenvalue weighted by atomic mass is 32.1. The van der Waals surface area contributed by atoms with Gasteiger partial charge in [0.1, 0.15) is 28.9 Å². The SMILES string of the molecule is CO/C(=C/C(=O)O)c1ccccc1OCc1csc(-c2ccc(F)cc2)n1. The normalized spacial score (nSPS) is 11.3. The third-order valence-electron chi connectivity index (χ3n) is 3.65. The molecule has 3 aromatic rings. The number of hydrogen-bond donors (Lipinski definition) is 1. The summed E-state index contributed by atoms with van der Waals surface area (Å²) in [6.07, 6.45) is 0.984. The highest BCUT2D eigenvalue weighted by Crippen LogP contribution is 2.28. The Morgan fingerprint density at radius 1 is 1.22 bits per heavy atom. The number of ether oxygens (including phenoxy) is 2. The van der Waals surface area contributed by atoms with Crippen LogP contribution in [0.4, 0.5) is 4.39 Å². The van der Waals surface area contributed by atoms with Crippen LogP contribution in [0.2, 0.25) is 0 Å². The lowest BCUT2D eigenvalue weighted by molar-refractivity contribution is -0.131. The van der Waals surface area contributed by atoms with Crippen molar-refractivity contribution in [3.05, 3.63) is 77.1 Å². The molecule has 0 unspecified atom stereocenters. The number of aromatic nitrogens is 1. The molecule has 3 rings (SSSR count). The Kier molecular flexibility index (Phi) is 5.83. The van der Waals surface area contributed by atoms with Gasteiger partial charge in [0.15, 0.2) is 0 Å². The molecule has 0 spiro atoms. The number of nitrogens with zero attached hydrogens (tertiary/aromatic N) is 1. The Labute approximate surface area is 159 Å². The number of hydrogen-bond acceptors (Lipinski definition) is 5. The van der Waals surface area contributed by atoms with Crippen LogP contribution in [0.5, 0.6) is 5.75 Å². The number of halogens is 1. The minimum Gasteiger partial charge on any atom is -0.496 e. The van der Waals surface area contributed by atoms with Gasteiger partial charge in [0, 0.05) is 10.9 Å². The second-order valence-corrected chi connectivity index (χ2v) is 6.34. The maximum Gasteiger partial charge on any atom is 0.332 e. The van der Waals surface area contributed by atoms with E-state index in [4.69, 9.17) is 14.6 Å². The van der Waals surface area contributed by atoms with E-state index in [0.29, 0.717) is 11.3 Å². The van der Waals surface area contributed by atoms with E-state index >= 15 is 0 Å². The van der Waals surface area contributed by atoms with Crippen molar-refractivity contribution in [2.75, 3.05) is 7.11 Å². The number of aliphatic carboxylic acids is 1. The van der Waals surface area contributed by atoms with Gasteiger partial charge in [0.2, 0.25) is 0 Å². The van der Waals surface area contributed by atoms with Crippen molar-refractivity contribution >= 4 is 23.1 Å². The monoisotopic (exact) mass is 385 g/mol. The zero-order chi connectivity index (χ0) is 19.2. The molecule has 138 valence electrons. The van der Waals surface area contributed by atoms with Crippen molar-refractivity contribution in [3.63, 3.8) is 0 Å². The van der Waals surface area contributed by atoms with Gasteiger partial charge in [-0.3, -0.25) is 0 Å². The lowest BCUT2D eigenvalue weighted by Crippen LogP contribution is -2.01. The fraction of sp³-hybridized carbons (Fsp3) is 0.100. The third-order valence-corrected chi connectivity index (χ3v) is 4.59. The average molecular weight is 385 g/mol. The van der Waals surface area contributed by atoms with E-state index < -0.39 is 5.97 Å². The standard InChI is InChI=1S/C20H16FNO4S/c1-25-18(10-19(23)24)16-4-2-3-5-17(16)26-11-15-12-27-20(22-15)13-6-8-14(21)9-7-13/h2-10,12H,11H2,1H3,(H,23,24)/b18-10+. The van der Waals surface area contributed by atoms with Crippen molar-refractivity contribution < 1.29 is 23.8 Å². The number of carboxylic acid groups (broad SMARTS) is 1. The average Bonchev–Trinajstić information content (AvgIpc) is 3.14. The number of methoxy groups -OCH3 is 1. The van der Waals surface area contributed by atoms with Crippen LogP contribution in [-0.2, 0) is 16.1 Å². The van der Waals surface area contributed by atoms with Crippen LogP contribution in [-0.4, -0.2) is 23.2 Å². The van der Waals surface area contributed by atoms with E-state index in [1.807, 2.05) is 5.38 Å². The number of thiazole rings is 1. The molecule has 1 heterocycles. The maximum atomic E-state index is 13.0. The molecule has 0 amide bonds. The summed E-state index contributed by atoms with van der Waals surface area (Å²) in [5, 5.41) is 11.6. The van der Waals surface area contributed by atoms with Crippen molar-refractivity contribution in [3.8, 4) is 16.3 Å². The number of para-hydroxylation sites is 1. The van der Waals surface area contributed by atoms with Crippen LogP contribution < -0.4 is 4.74 Å². The molecule has 7 heteroatoms. The zero-order valence-electron chi connectivity index (χ0n) is 14.4. The van der Waals surface area contributed by atoms with E-state index in [9.17, 15) is 9.18 Å². The summed E-state index contributed by atoms with van der Waals surface area (Å²) in [6.45, 7) is 0.207. The maximum absolute atomic E-state index is 13.0. The summed E-state index contributed by atoms with van der Waals surface area (Å²) >= 11 is 1.44. The summed E-state index contributed by atoms with van der Waals surface area (Å²) in [5.74, 6) is -0.713. The van der Waals surface area contributed by atoms with Crippen LogP contribution in [0.15, 0.2) is 60.0 Å². The Morgan fingerprint density at radius 2 is 1.96 bits per heavy atom. The number of benzene rings is 2. The van der Waals surface area contributed by atoms with Gasteiger partial charge in [0.05, 0.1) is 24.4 Å². The smallest absolute Gasteiger partial charge is 0.332 e. The van der Waals surface area contributed by atoms with Gasteiger partial charge in [-0.15, -0.1) is 11.3 Å². The highest BCUT2D eigenvalue weighted by molar-refractivity contribution is 7.13. The molecule has 1 aromatic heterocycles. The fourth-order valence-electron chi connectivity index (χ4n) is 2.40. The summed E-state index contributed by atoms with van der Waals surface area (Å²) in [7, 11) is 1.40. The molecule has 0 radical (unpaired) electrons. The summed E-state index contributed by atoms with van der Waals surface area (Å²) in [4.78, 5) is 15.5. The first-order valence-corrected chi connectivity index (χ1v) is 8.86. The quantitative estimate of drug-likeness (QED) is 0.475. The summed E-state index contributed by atoms with van der Waals surface area (Å²) in [6, 6.07) is 13.2. The van der Waals surface area contributed by atoms with Crippen molar-refractivity contribution in [2.45, 2.75) is 6.61 Å². The highest BCUT2D eigenvalue weighted by Gasteiger charge is 2.12. The summed E-state index contributed by atoms with van der Waals surface area (Å²) < 4.78 is 24.0. The van der Waals surface area contributed by atoms with Crippen LogP contribution in [0.1, 0.15) is 11.3 Å². The molecule has 5 nitrogen and oxygen atoms in total. The Hall–Kier alpha value is -3.19. The van der Waals surface area contributed by atoms with Gasteiger partial charge in [-0.2, -0.15) is 0 Å². The van der Waals surface area contributed by atoms with Gasteiger partial charge >= 0.3 is 5.97 Å². The molecule has 0 fully saturated rings. The molecular weight excluding hydrogens is 369 g/mol. The third kappa shape index (κ3) is 4.71. The van der Waals surface area contributed by atoms with Gasteiger partial charge in [-0.05, 0) is 36.4 Å². The zero-order valence-corrected chi connectivity index (χ0v) is 15.2. The first-order chi connectivity index (χ1) is 13.1. The Morgan fingerprint density at radius 3 is 2.67 bits per heavy atom. The minimum absolute atomic E-state index is 0.198. The summed E-state index contributed by atoms with van der Waals surface area (Å²) in [5.41, 5.74) is 2.09. The first kappa shape index (κ1) is 18.6. The van der Waals surface area contributed by atoms with Gasteiger partial charge in [0.25, 0.3) is 0 Å². The molecule has 0 aliphatic heterocycles. The Bertz CT molecular complexity index is 966. The van der Waals surface area contributed by atoms with Gasteiger partial charge < -0.3 is 14.6 Å². The largest absolute Gasteiger partial charge is 0.496 e. The van der Waals surface area contributed by atoms with Crippen molar-refractivity contribution in [2.24, 2.45) is 0 Å². The van der Waals surface area contributed by atoms with Crippen molar-refractivity contribution in [1.29, 1.82) is 0 Å². The van der Waals surface area contributed by atoms with E-state index in [0.717, 1.165) is 22.3 Å². The number of rotatable bonds is 7. The van der Waals surface area contributed by atoms with E-state index in [-0.39, 0.29) is 18.2 Å². The first-order valence-electron chi connectivity index (χ1n) is 7.98. The lowest BCUT2D eigenvalue weighted by Gasteiger charge is -2.12. The van der Waals surface area contributed by atoms with Gasteiger partial charge in [-0.25, -0.2) is 14.2 Å². The number of carboxylic acids is 1. The second-order valence-electron chi connectivity index (χ2n) is 5.49. The predicted octanol–water partition coefficient (Wildman–Crippen LogP) is 4.60. The predicted molar refractivity (Wildman–Crippen MR) is 101 cm³/mol. The Balaban J connectivity index is 1.76. The van der Waals surface area contributed by atoms with Crippen molar-refractivity contribution in [1.82, 2.24) is 4.98 Å².